The number of hydrogen-bond acceptors (Lipinski definition) is 0. The van der Waals surface area contributed by atoms with E-state index in [0.717, 1.165) is 6.42 Å². The maximum atomic E-state index is 3.64. The first-order valence-electron chi connectivity index (χ1n) is 4.84. The zero-order valence-corrected chi connectivity index (χ0v) is 8.13. The smallest absolute Gasteiger partial charge is 0.0169 e. The van der Waals surface area contributed by atoms with Gasteiger partial charge in [0.15, 0.2) is 0 Å². The van der Waals surface area contributed by atoms with Crippen molar-refractivity contribution < 1.29 is 0 Å². The minimum atomic E-state index is 0.972. The lowest BCUT2D eigenvalue weighted by Crippen LogP contribution is -1.69. The van der Waals surface area contributed by atoms with Crippen molar-refractivity contribution in [1.29, 1.82) is 0 Å². The fourth-order valence-corrected chi connectivity index (χ4v) is 0.940. The van der Waals surface area contributed by atoms with E-state index < -0.39 is 0 Å². The van der Waals surface area contributed by atoms with E-state index in [2.05, 4.69) is 37.8 Å². The molecule has 0 saturated heterocycles. The number of rotatable bonds is 7. The van der Waals surface area contributed by atoms with Crippen LogP contribution in [0, 0.1) is 0 Å². The maximum absolute atomic E-state index is 3.64. The third-order valence-electron chi connectivity index (χ3n) is 1.66. The van der Waals surface area contributed by atoms with E-state index in [0.29, 0.717) is 0 Å². The highest BCUT2D eigenvalue weighted by Crippen LogP contribution is 1.99. The van der Waals surface area contributed by atoms with E-state index in [1.165, 1.54) is 25.7 Å². The number of allylic oxidation sites excluding steroid dienone is 5. The van der Waals surface area contributed by atoms with Crippen molar-refractivity contribution in [2.24, 2.45) is 0 Å². The second kappa shape index (κ2) is 10.2. The van der Waals surface area contributed by atoms with E-state index in [-0.39, 0.29) is 0 Å². The second-order valence-electron chi connectivity index (χ2n) is 2.88. The van der Waals surface area contributed by atoms with Gasteiger partial charge in [-0.05, 0) is 19.3 Å². The van der Waals surface area contributed by atoms with Crippen LogP contribution in [-0.2, 0) is 0 Å². The van der Waals surface area contributed by atoms with Crippen molar-refractivity contribution in [1.82, 2.24) is 0 Å². The molecule has 0 aromatic heterocycles. The third kappa shape index (κ3) is 9.22. The molecule has 0 amide bonds. The summed E-state index contributed by atoms with van der Waals surface area (Å²) in [4.78, 5) is 0. The van der Waals surface area contributed by atoms with Gasteiger partial charge >= 0.3 is 0 Å². The lowest BCUT2D eigenvalue weighted by molar-refractivity contribution is 0.729. The Labute approximate surface area is 76.7 Å². The molecule has 68 valence electrons. The van der Waals surface area contributed by atoms with Gasteiger partial charge in [0.2, 0.25) is 0 Å². The van der Waals surface area contributed by atoms with E-state index >= 15 is 0 Å². The third-order valence-corrected chi connectivity index (χ3v) is 1.66. The first kappa shape index (κ1) is 11.2. The minimum Gasteiger partial charge on any atom is -0.103 e. The highest BCUT2D eigenvalue weighted by Gasteiger charge is 1.79. The summed E-state index contributed by atoms with van der Waals surface area (Å²) in [7, 11) is 0. The molecule has 0 aromatic rings. The predicted molar refractivity (Wildman–Crippen MR) is 57.2 cm³/mol. The van der Waals surface area contributed by atoms with Gasteiger partial charge in [-0.2, -0.15) is 0 Å². The Kier molecular flexibility index (Phi) is 9.56. The second-order valence-corrected chi connectivity index (χ2v) is 2.88. The monoisotopic (exact) mass is 164 g/mol. The summed E-state index contributed by atoms with van der Waals surface area (Å²) in [6.07, 6.45) is 16.6. The van der Waals surface area contributed by atoms with Crippen LogP contribution in [0.2, 0.25) is 0 Å². The number of unbranched alkanes of at least 4 members (excludes halogenated alkanes) is 3. The highest BCUT2D eigenvalue weighted by atomic mass is 13.9. The summed E-state index contributed by atoms with van der Waals surface area (Å²) in [5, 5.41) is 0. The van der Waals surface area contributed by atoms with E-state index in [1.807, 2.05) is 6.08 Å². The molecule has 0 bridgehead atoms. The van der Waals surface area contributed by atoms with Crippen LogP contribution in [0.1, 0.15) is 39.0 Å². The Bertz CT molecular complexity index is 140. The van der Waals surface area contributed by atoms with Crippen LogP contribution in [0.4, 0.5) is 0 Å². The average Bonchev–Trinajstić information content (AvgIpc) is 2.10. The Morgan fingerprint density at radius 2 is 1.83 bits per heavy atom. The van der Waals surface area contributed by atoms with Gasteiger partial charge in [-0.15, -0.1) is 6.58 Å². The molecular weight excluding hydrogens is 144 g/mol. The molecule has 0 aliphatic heterocycles. The van der Waals surface area contributed by atoms with Gasteiger partial charge in [-0.1, -0.05) is 50.1 Å². The zero-order chi connectivity index (χ0) is 9.07. The Morgan fingerprint density at radius 1 is 1.08 bits per heavy atom. The fourth-order valence-electron chi connectivity index (χ4n) is 0.940. The first-order chi connectivity index (χ1) is 5.91. The van der Waals surface area contributed by atoms with Crippen molar-refractivity contribution >= 4 is 0 Å². The van der Waals surface area contributed by atoms with E-state index in [9.17, 15) is 0 Å². The summed E-state index contributed by atoms with van der Waals surface area (Å²) in [5.41, 5.74) is 0. The van der Waals surface area contributed by atoms with Gasteiger partial charge in [0.05, 0.1) is 0 Å². The van der Waals surface area contributed by atoms with Gasteiger partial charge in [0, 0.05) is 0 Å². The van der Waals surface area contributed by atoms with Gasteiger partial charge in [-0.3, -0.25) is 0 Å². The molecule has 0 spiro atoms. The summed E-state index contributed by atoms with van der Waals surface area (Å²) < 4.78 is 0. The molecule has 0 rings (SSSR count). The van der Waals surface area contributed by atoms with Crippen LogP contribution in [0.3, 0.4) is 0 Å². The molecule has 0 saturated carbocycles. The molecule has 0 aromatic carbocycles. The normalized spacial score (nSPS) is 11.4. The van der Waals surface area contributed by atoms with Crippen molar-refractivity contribution in [3.8, 4) is 0 Å². The lowest BCUT2D eigenvalue weighted by atomic mass is 10.2. The van der Waals surface area contributed by atoms with Crippen LogP contribution < -0.4 is 0 Å². The lowest BCUT2D eigenvalue weighted by Gasteiger charge is -1.89. The van der Waals surface area contributed by atoms with Crippen LogP contribution in [-0.4, -0.2) is 0 Å². The van der Waals surface area contributed by atoms with E-state index in [1.54, 1.807) is 0 Å². The minimum absolute atomic E-state index is 0.972. The number of hydrogen-bond donors (Lipinski definition) is 0. The van der Waals surface area contributed by atoms with Crippen molar-refractivity contribution in [2.45, 2.75) is 39.0 Å². The molecule has 0 fully saturated rings. The maximum Gasteiger partial charge on any atom is -0.0169 e. The standard InChI is InChI=1S/C12H20/c1-3-5-7-9-11-12-10-8-6-4-2/h3,7,9,11-12H,1,4-6,8,10H2,2H3/b9-7+,12-11+. The summed E-state index contributed by atoms with van der Waals surface area (Å²) in [6.45, 7) is 5.87. The zero-order valence-electron chi connectivity index (χ0n) is 8.13. The van der Waals surface area contributed by atoms with Crippen LogP contribution >= 0.6 is 0 Å². The largest absolute Gasteiger partial charge is 0.103 e. The van der Waals surface area contributed by atoms with Crippen LogP contribution in [0.15, 0.2) is 37.0 Å². The molecule has 0 nitrogen and oxygen atoms in total. The van der Waals surface area contributed by atoms with Gasteiger partial charge in [0.1, 0.15) is 0 Å². The average molecular weight is 164 g/mol. The molecule has 0 unspecified atom stereocenters. The van der Waals surface area contributed by atoms with Gasteiger partial charge < -0.3 is 0 Å². The quantitative estimate of drug-likeness (QED) is 0.300. The predicted octanol–water partition coefficient (Wildman–Crippen LogP) is 4.26. The molecule has 0 atom stereocenters. The van der Waals surface area contributed by atoms with Crippen molar-refractivity contribution in [3.05, 3.63) is 37.0 Å². The molecule has 12 heavy (non-hydrogen) atoms. The van der Waals surface area contributed by atoms with Crippen molar-refractivity contribution in [2.75, 3.05) is 0 Å². The Balaban J connectivity index is 3.18. The molecule has 0 heteroatoms. The summed E-state index contributed by atoms with van der Waals surface area (Å²) >= 11 is 0. The SMILES string of the molecule is C=CC/C=C/C=C/CCCCC. The molecule has 0 heterocycles. The Hall–Kier alpha value is -0.780. The first-order valence-corrected chi connectivity index (χ1v) is 4.84. The molecule has 0 N–H and O–H groups in total. The topological polar surface area (TPSA) is 0 Å². The summed E-state index contributed by atoms with van der Waals surface area (Å²) in [5.74, 6) is 0. The molecule has 0 aliphatic carbocycles. The fraction of sp³-hybridized carbons (Fsp3) is 0.500. The molecule has 0 radical (unpaired) electrons. The summed E-state index contributed by atoms with van der Waals surface area (Å²) in [6, 6.07) is 0. The van der Waals surface area contributed by atoms with Gasteiger partial charge in [0.25, 0.3) is 0 Å². The molecule has 0 aliphatic rings. The Morgan fingerprint density at radius 3 is 2.50 bits per heavy atom. The molecular formula is C12H20. The highest BCUT2D eigenvalue weighted by molar-refractivity contribution is 5.03. The van der Waals surface area contributed by atoms with Crippen molar-refractivity contribution in [3.63, 3.8) is 0 Å². The van der Waals surface area contributed by atoms with Gasteiger partial charge in [-0.25, -0.2) is 0 Å². The van der Waals surface area contributed by atoms with E-state index in [4.69, 9.17) is 0 Å². The van der Waals surface area contributed by atoms with Crippen LogP contribution in [0.5, 0.6) is 0 Å². The van der Waals surface area contributed by atoms with Crippen LogP contribution in [0.25, 0.3) is 0 Å².